The minimum Gasteiger partial charge on any atom is -0.490 e. The average Bonchev–Trinajstić information content (AvgIpc) is 2.65. The number of benzene rings is 1. The molecule has 0 bridgehead atoms. The third kappa shape index (κ3) is 7.71. The Kier molecular flexibility index (Phi) is 8.54. The number of carbonyl (C=O) groups excluding carboxylic acids is 2. The highest BCUT2D eigenvalue weighted by Crippen LogP contribution is 2.38. The van der Waals surface area contributed by atoms with E-state index in [2.05, 4.69) is 0 Å². The number of hydrogen-bond donors (Lipinski definition) is 0. The molecule has 0 saturated heterocycles. The van der Waals surface area contributed by atoms with Crippen LogP contribution in [0.15, 0.2) is 24.3 Å². The highest BCUT2D eigenvalue weighted by atomic mass is 16.6. The summed E-state index contributed by atoms with van der Waals surface area (Å²) in [6.45, 7) is 9.85. The first-order chi connectivity index (χ1) is 13.7. The van der Waals surface area contributed by atoms with Crippen LogP contribution in [0.3, 0.4) is 0 Å². The number of rotatable bonds is 8. The van der Waals surface area contributed by atoms with Crippen LogP contribution in [0.1, 0.15) is 78.2 Å². The van der Waals surface area contributed by atoms with Crippen molar-refractivity contribution in [1.29, 1.82) is 0 Å². The summed E-state index contributed by atoms with van der Waals surface area (Å²) in [5.41, 5.74) is 0.477. The van der Waals surface area contributed by atoms with Crippen LogP contribution in [-0.4, -0.2) is 30.8 Å². The van der Waals surface area contributed by atoms with Crippen molar-refractivity contribution >= 4 is 11.9 Å². The van der Waals surface area contributed by atoms with Gasteiger partial charge in [0.15, 0.2) is 0 Å². The van der Waals surface area contributed by atoms with Gasteiger partial charge in [0.1, 0.15) is 24.6 Å². The second-order valence-corrected chi connectivity index (χ2v) is 9.15. The molecule has 1 unspecified atom stereocenters. The number of ether oxygens (including phenoxy) is 3. The lowest BCUT2D eigenvalue weighted by molar-refractivity contribution is -0.158. The van der Waals surface area contributed by atoms with Crippen LogP contribution in [0.2, 0.25) is 0 Å². The molecular weight excluding hydrogens is 368 g/mol. The first-order valence-electron chi connectivity index (χ1n) is 10.8. The van der Waals surface area contributed by atoms with E-state index in [4.69, 9.17) is 14.2 Å². The van der Waals surface area contributed by atoms with E-state index < -0.39 is 5.60 Å². The molecule has 0 N–H and O–H groups in total. The van der Waals surface area contributed by atoms with Gasteiger partial charge in [0.25, 0.3) is 0 Å². The van der Waals surface area contributed by atoms with E-state index in [1.54, 1.807) is 13.8 Å². The zero-order valence-electron chi connectivity index (χ0n) is 18.5. The van der Waals surface area contributed by atoms with Gasteiger partial charge in [0.05, 0.1) is 11.8 Å². The Balaban J connectivity index is 2.01. The zero-order valence-corrected chi connectivity index (χ0v) is 18.5. The molecule has 0 aromatic heterocycles. The Morgan fingerprint density at radius 1 is 0.966 bits per heavy atom. The third-order valence-electron chi connectivity index (χ3n) is 5.09. The number of esters is 2. The standard InChI is InChI=1S/C24H36O5/c1-17(2)22(25)28-16-15-27-20-13-11-19(12-14-20)21(18-9-7-6-8-10-18)23(26)29-24(3,4)5/h11-14,17-18,21H,6-10,15-16H2,1-5H3. The van der Waals surface area contributed by atoms with Crippen molar-refractivity contribution in [2.75, 3.05) is 13.2 Å². The predicted octanol–water partition coefficient (Wildman–Crippen LogP) is 5.27. The molecule has 2 rings (SSSR count). The molecular formula is C24H36O5. The van der Waals surface area contributed by atoms with E-state index in [0.29, 0.717) is 18.3 Å². The van der Waals surface area contributed by atoms with Crippen molar-refractivity contribution < 1.29 is 23.8 Å². The molecule has 0 heterocycles. The monoisotopic (exact) mass is 404 g/mol. The Morgan fingerprint density at radius 3 is 2.14 bits per heavy atom. The summed E-state index contributed by atoms with van der Waals surface area (Å²) in [4.78, 5) is 24.4. The second kappa shape index (κ2) is 10.7. The van der Waals surface area contributed by atoms with Gasteiger partial charge in [0.2, 0.25) is 0 Å². The van der Waals surface area contributed by atoms with Crippen molar-refractivity contribution in [3.63, 3.8) is 0 Å². The van der Waals surface area contributed by atoms with Gasteiger partial charge in [0, 0.05) is 0 Å². The summed E-state index contributed by atoms with van der Waals surface area (Å²) in [5, 5.41) is 0. The summed E-state index contributed by atoms with van der Waals surface area (Å²) in [6, 6.07) is 7.66. The molecule has 0 radical (unpaired) electrons. The number of hydrogen-bond acceptors (Lipinski definition) is 5. The van der Waals surface area contributed by atoms with E-state index in [1.165, 1.54) is 19.3 Å². The molecule has 5 nitrogen and oxygen atoms in total. The molecule has 0 spiro atoms. The summed E-state index contributed by atoms with van der Waals surface area (Å²) in [7, 11) is 0. The fourth-order valence-corrected chi connectivity index (χ4v) is 3.67. The van der Waals surface area contributed by atoms with Gasteiger partial charge < -0.3 is 14.2 Å². The van der Waals surface area contributed by atoms with Crippen LogP contribution in [0, 0.1) is 11.8 Å². The topological polar surface area (TPSA) is 61.8 Å². The van der Waals surface area contributed by atoms with Crippen LogP contribution >= 0.6 is 0 Å². The Hall–Kier alpha value is -2.04. The van der Waals surface area contributed by atoms with E-state index in [1.807, 2.05) is 45.0 Å². The smallest absolute Gasteiger partial charge is 0.314 e. The molecule has 162 valence electrons. The van der Waals surface area contributed by atoms with Gasteiger partial charge in [-0.05, 0) is 57.2 Å². The van der Waals surface area contributed by atoms with E-state index in [9.17, 15) is 9.59 Å². The van der Waals surface area contributed by atoms with Gasteiger partial charge in [-0.15, -0.1) is 0 Å². The zero-order chi connectivity index (χ0) is 21.4. The molecule has 1 fully saturated rings. The molecule has 1 aliphatic carbocycles. The van der Waals surface area contributed by atoms with Crippen molar-refractivity contribution in [1.82, 2.24) is 0 Å². The lowest BCUT2D eigenvalue weighted by Crippen LogP contribution is -2.32. The average molecular weight is 405 g/mol. The molecule has 0 amide bonds. The van der Waals surface area contributed by atoms with Crippen molar-refractivity contribution in [3.05, 3.63) is 29.8 Å². The maximum atomic E-state index is 13.0. The summed E-state index contributed by atoms with van der Waals surface area (Å²) < 4.78 is 16.5. The lowest BCUT2D eigenvalue weighted by atomic mass is 9.76. The van der Waals surface area contributed by atoms with Gasteiger partial charge in [-0.2, -0.15) is 0 Å². The molecule has 0 aliphatic heterocycles. The highest BCUT2D eigenvalue weighted by Gasteiger charge is 2.34. The summed E-state index contributed by atoms with van der Waals surface area (Å²) in [5.74, 6) is 0.270. The molecule has 1 aromatic rings. The SMILES string of the molecule is CC(C)C(=O)OCCOc1ccc(C(C(=O)OC(C)(C)C)C2CCCCC2)cc1. The second-order valence-electron chi connectivity index (χ2n) is 9.15. The molecule has 1 aromatic carbocycles. The largest absolute Gasteiger partial charge is 0.490 e. The first kappa shape index (κ1) is 23.2. The van der Waals surface area contributed by atoms with E-state index in [-0.39, 0.29) is 30.4 Å². The Bertz CT molecular complexity index is 651. The summed E-state index contributed by atoms with van der Waals surface area (Å²) in [6.07, 6.45) is 5.69. The first-order valence-corrected chi connectivity index (χ1v) is 10.8. The van der Waals surface area contributed by atoms with Crippen molar-refractivity contribution in [2.45, 2.75) is 78.2 Å². The quantitative estimate of drug-likeness (QED) is 0.436. The molecule has 29 heavy (non-hydrogen) atoms. The fourth-order valence-electron chi connectivity index (χ4n) is 3.67. The van der Waals surface area contributed by atoms with Crippen molar-refractivity contribution in [2.24, 2.45) is 11.8 Å². The number of carbonyl (C=O) groups is 2. The van der Waals surface area contributed by atoms with Gasteiger partial charge in [-0.25, -0.2) is 0 Å². The summed E-state index contributed by atoms with van der Waals surface area (Å²) >= 11 is 0. The van der Waals surface area contributed by atoms with Gasteiger partial charge >= 0.3 is 11.9 Å². The predicted molar refractivity (Wildman–Crippen MR) is 113 cm³/mol. The normalized spacial score (nSPS) is 16.3. The molecule has 1 atom stereocenters. The minimum absolute atomic E-state index is 0.140. The highest BCUT2D eigenvalue weighted by molar-refractivity contribution is 5.79. The maximum Gasteiger partial charge on any atom is 0.314 e. The van der Waals surface area contributed by atoms with Crippen LogP contribution in [0.5, 0.6) is 5.75 Å². The third-order valence-corrected chi connectivity index (χ3v) is 5.09. The van der Waals surface area contributed by atoms with Crippen LogP contribution in [0.4, 0.5) is 0 Å². The van der Waals surface area contributed by atoms with Crippen molar-refractivity contribution in [3.8, 4) is 5.75 Å². The van der Waals surface area contributed by atoms with E-state index in [0.717, 1.165) is 18.4 Å². The lowest BCUT2D eigenvalue weighted by Gasteiger charge is -2.31. The maximum absolute atomic E-state index is 13.0. The van der Waals surface area contributed by atoms with Crippen LogP contribution < -0.4 is 4.74 Å². The molecule has 1 aliphatic rings. The van der Waals surface area contributed by atoms with Gasteiger partial charge in [-0.3, -0.25) is 9.59 Å². The fraction of sp³-hybridized carbons (Fsp3) is 0.667. The Morgan fingerprint density at radius 2 is 1.59 bits per heavy atom. The molecule has 1 saturated carbocycles. The Labute approximate surface area is 175 Å². The van der Waals surface area contributed by atoms with Crippen LogP contribution in [-0.2, 0) is 19.1 Å². The van der Waals surface area contributed by atoms with E-state index >= 15 is 0 Å². The minimum atomic E-state index is -0.500. The van der Waals surface area contributed by atoms with Gasteiger partial charge in [-0.1, -0.05) is 45.2 Å². The molecule has 5 heteroatoms. The van der Waals surface area contributed by atoms with Crippen LogP contribution in [0.25, 0.3) is 0 Å².